The van der Waals surface area contributed by atoms with Gasteiger partial charge < -0.3 is 14.8 Å². The molecule has 6 heteroatoms. The Morgan fingerprint density at radius 2 is 1.70 bits per heavy atom. The van der Waals surface area contributed by atoms with E-state index in [-0.39, 0.29) is 12.4 Å². The lowest BCUT2D eigenvalue weighted by molar-refractivity contribution is 0.265. The molecule has 0 spiro atoms. The zero-order valence-electron chi connectivity index (χ0n) is 16.8. The summed E-state index contributed by atoms with van der Waals surface area (Å²) in [6.45, 7) is 4.09. The van der Waals surface area contributed by atoms with Gasteiger partial charge in [0, 0.05) is 21.6 Å². The summed E-state index contributed by atoms with van der Waals surface area (Å²) in [4.78, 5) is 0. The van der Waals surface area contributed by atoms with Crippen LogP contribution < -0.4 is 14.8 Å². The molecule has 0 heterocycles. The van der Waals surface area contributed by atoms with Gasteiger partial charge in [0.2, 0.25) is 0 Å². The van der Waals surface area contributed by atoms with E-state index >= 15 is 0 Å². The SMILES string of the molecule is CCOc1cc(CNCCc2ccc(Cl)cc2)c(Br)cc1OCc1ccccc1F. The second-order valence-electron chi connectivity index (χ2n) is 6.76. The number of nitrogens with one attached hydrogen (secondary N) is 1. The molecular formula is C24H24BrClFNO2. The van der Waals surface area contributed by atoms with Crippen LogP contribution in [-0.4, -0.2) is 13.2 Å². The van der Waals surface area contributed by atoms with Crippen LogP contribution in [0.1, 0.15) is 23.6 Å². The minimum absolute atomic E-state index is 0.137. The lowest BCUT2D eigenvalue weighted by atomic mass is 10.1. The Bertz CT molecular complexity index is 966. The van der Waals surface area contributed by atoms with Crippen molar-refractivity contribution in [2.75, 3.05) is 13.2 Å². The Balaban J connectivity index is 1.61. The molecule has 1 N–H and O–H groups in total. The zero-order valence-corrected chi connectivity index (χ0v) is 19.1. The van der Waals surface area contributed by atoms with Crippen LogP contribution in [-0.2, 0) is 19.6 Å². The van der Waals surface area contributed by atoms with Gasteiger partial charge in [-0.2, -0.15) is 0 Å². The molecule has 0 amide bonds. The molecule has 0 saturated heterocycles. The molecule has 3 aromatic carbocycles. The standard InChI is InChI=1S/C24H24BrClFNO2/c1-2-29-23-13-19(15-28-12-11-17-7-9-20(26)10-8-17)21(25)14-24(23)30-16-18-5-3-4-6-22(18)27/h3-10,13-14,28H,2,11-12,15-16H2,1H3. The average Bonchev–Trinajstić information content (AvgIpc) is 2.74. The number of halogens is 3. The Morgan fingerprint density at radius 3 is 2.43 bits per heavy atom. The van der Waals surface area contributed by atoms with E-state index in [2.05, 4.69) is 21.2 Å². The molecule has 0 radical (unpaired) electrons. The summed E-state index contributed by atoms with van der Waals surface area (Å²) in [7, 11) is 0. The monoisotopic (exact) mass is 491 g/mol. The Morgan fingerprint density at radius 1 is 0.967 bits per heavy atom. The normalized spacial score (nSPS) is 10.8. The van der Waals surface area contributed by atoms with Crippen LogP contribution >= 0.6 is 27.5 Å². The molecular weight excluding hydrogens is 469 g/mol. The summed E-state index contributed by atoms with van der Waals surface area (Å²) in [5.41, 5.74) is 2.80. The van der Waals surface area contributed by atoms with Gasteiger partial charge >= 0.3 is 0 Å². The van der Waals surface area contributed by atoms with Crippen LogP contribution in [0.2, 0.25) is 5.02 Å². The van der Waals surface area contributed by atoms with Gasteiger partial charge in [-0.1, -0.05) is 57.9 Å². The number of ether oxygens (including phenoxy) is 2. The van der Waals surface area contributed by atoms with Gasteiger partial charge in [-0.05, 0) is 61.3 Å². The molecule has 0 aliphatic carbocycles. The maximum atomic E-state index is 13.9. The Kier molecular flexibility index (Phi) is 8.55. The summed E-state index contributed by atoms with van der Waals surface area (Å²) >= 11 is 9.54. The number of hydrogen-bond donors (Lipinski definition) is 1. The molecule has 3 nitrogen and oxygen atoms in total. The summed E-state index contributed by atoms with van der Waals surface area (Å²) in [5, 5.41) is 4.20. The zero-order chi connectivity index (χ0) is 21.3. The van der Waals surface area contributed by atoms with E-state index in [1.807, 2.05) is 43.3 Å². The Labute approximate surface area is 190 Å². The third-order valence-corrected chi connectivity index (χ3v) is 5.56. The quantitative estimate of drug-likeness (QED) is 0.325. The van der Waals surface area contributed by atoms with Gasteiger partial charge in [0.25, 0.3) is 0 Å². The smallest absolute Gasteiger partial charge is 0.162 e. The highest BCUT2D eigenvalue weighted by Gasteiger charge is 2.12. The summed E-state index contributed by atoms with van der Waals surface area (Å²) in [5.74, 6) is 0.944. The molecule has 0 bridgehead atoms. The summed E-state index contributed by atoms with van der Waals surface area (Å²) in [6.07, 6.45) is 0.914. The van der Waals surface area contributed by atoms with E-state index < -0.39 is 0 Å². The van der Waals surface area contributed by atoms with Gasteiger partial charge in [0.05, 0.1) is 6.61 Å². The maximum Gasteiger partial charge on any atom is 0.162 e. The minimum Gasteiger partial charge on any atom is -0.490 e. The van der Waals surface area contributed by atoms with Gasteiger partial charge in [0.1, 0.15) is 12.4 Å². The molecule has 0 aliphatic heterocycles. The van der Waals surface area contributed by atoms with Crippen LogP contribution in [0.15, 0.2) is 65.1 Å². The predicted molar refractivity (Wildman–Crippen MR) is 123 cm³/mol. The molecule has 0 fully saturated rings. The average molecular weight is 493 g/mol. The van der Waals surface area contributed by atoms with E-state index in [1.54, 1.807) is 18.2 Å². The van der Waals surface area contributed by atoms with Gasteiger partial charge in [-0.15, -0.1) is 0 Å². The van der Waals surface area contributed by atoms with E-state index in [1.165, 1.54) is 11.6 Å². The largest absolute Gasteiger partial charge is 0.490 e. The number of rotatable bonds is 10. The molecule has 0 atom stereocenters. The van der Waals surface area contributed by atoms with Crippen LogP contribution in [0.25, 0.3) is 0 Å². The first kappa shape index (κ1) is 22.6. The second kappa shape index (κ2) is 11.3. The van der Waals surface area contributed by atoms with Gasteiger partial charge in [-0.3, -0.25) is 0 Å². The minimum atomic E-state index is -0.281. The van der Waals surface area contributed by atoms with Crippen molar-refractivity contribution < 1.29 is 13.9 Å². The van der Waals surface area contributed by atoms with Crippen LogP contribution in [0, 0.1) is 5.82 Å². The lowest BCUT2D eigenvalue weighted by Gasteiger charge is -2.16. The molecule has 0 aromatic heterocycles. The van der Waals surface area contributed by atoms with Crippen molar-refractivity contribution in [2.45, 2.75) is 26.5 Å². The molecule has 0 unspecified atom stereocenters. The van der Waals surface area contributed by atoms with Crippen molar-refractivity contribution in [1.82, 2.24) is 5.32 Å². The summed E-state index contributed by atoms with van der Waals surface area (Å²) < 4.78 is 26.4. The Hall–Kier alpha value is -2.08. The van der Waals surface area contributed by atoms with Crippen molar-refractivity contribution in [3.05, 3.63) is 92.7 Å². The highest BCUT2D eigenvalue weighted by molar-refractivity contribution is 9.10. The second-order valence-corrected chi connectivity index (χ2v) is 8.05. The fourth-order valence-corrected chi connectivity index (χ4v) is 3.56. The summed E-state index contributed by atoms with van der Waals surface area (Å²) in [6, 6.07) is 18.3. The molecule has 158 valence electrons. The fourth-order valence-electron chi connectivity index (χ4n) is 2.97. The first-order valence-corrected chi connectivity index (χ1v) is 11.0. The highest BCUT2D eigenvalue weighted by Crippen LogP contribution is 2.34. The third-order valence-electron chi connectivity index (χ3n) is 4.57. The van der Waals surface area contributed by atoms with Crippen molar-refractivity contribution in [2.24, 2.45) is 0 Å². The van der Waals surface area contributed by atoms with Gasteiger partial charge in [0.15, 0.2) is 11.5 Å². The number of hydrogen-bond acceptors (Lipinski definition) is 3. The molecule has 3 rings (SSSR count). The predicted octanol–water partition coefficient (Wildman–Crippen LogP) is 6.55. The first-order valence-electron chi connectivity index (χ1n) is 9.83. The van der Waals surface area contributed by atoms with Crippen molar-refractivity contribution in [1.29, 1.82) is 0 Å². The van der Waals surface area contributed by atoms with Crippen molar-refractivity contribution in [3.63, 3.8) is 0 Å². The lowest BCUT2D eigenvalue weighted by Crippen LogP contribution is -2.17. The maximum absolute atomic E-state index is 13.9. The van der Waals surface area contributed by atoms with E-state index in [0.717, 1.165) is 28.0 Å². The topological polar surface area (TPSA) is 30.5 Å². The fraction of sp³-hybridized carbons (Fsp3) is 0.250. The van der Waals surface area contributed by atoms with E-state index in [9.17, 15) is 4.39 Å². The van der Waals surface area contributed by atoms with Crippen molar-refractivity contribution in [3.8, 4) is 11.5 Å². The number of benzene rings is 3. The highest BCUT2D eigenvalue weighted by atomic mass is 79.9. The van der Waals surface area contributed by atoms with Crippen LogP contribution in [0.4, 0.5) is 4.39 Å². The third kappa shape index (κ3) is 6.46. The molecule has 3 aromatic rings. The molecule has 30 heavy (non-hydrogen) atoms. The van der Waals surface area contributed by atoms with E-state index in [4.69, 9.17) is 21.1 Å². The first-order chi connectivity index (χ1) is 14.6. The molecule has 0 saturated carbocycles. The van der Waals surface area contributed by atoms with Crippen LogP contribution in [0.5, 0.6) is 11.5 Å². The molecule has 0 aliphatic rings. The van der Waals surface area contributed by atoms with Gasteiger partial charge in [-0.25, -0.2) is 4.39 Å². The van der Waals surface area contributed by atoms with Crippen LogP contribution in [0.3, 0.4) is 0 Å². The van der Waals surface area contributed by atoms with Crippen molar-refractivity contribution >= 4 is 27.5 Å². The van der Waals surface area contributed by atoms with E-state index in [0.29, 0.717) is 30.2 Å².